The highest BCUT2D eigenvalue weighted by atomic mass is 79.9. The first-order valence-corrected chi connectivity index (χ1v) is 7.05. The molecule has 17 heavy (non-hydrogen) atoms. The molecule has 1 N–H and O–H groups in total. The minimum atomic E-state index is -0.207. The molecule has 0 aliphatic rings. The van der Waals surface area contributed by atoms with Gasteiger partial charge in [0.15, 0.2) is 0 Å². The van der Waals surface area contributed by atoms with Crippen LogP contribution in [0.3, 0.4) is 0 Å². The SMILES string of the molecule is CCC(CC)C(C)NCc1ccc(F)c(Br)c1. The van der Waals surface area contributed by atoms with Crippen molar-refractivity contribution >= 4 is 15.9 Å². The normalized spacial score (nSPS) is 13.1. The summed E-state index contributed by atoms with van der Waals surface area (Å²) in [4.78, 5) is 0. The fraction of sp³-hybridized carbons (Fsp3) is 0.571. The van der Waals surface area contributed by atoms with E-state index in [4.69, 9.17) is 0 Å². The molecule has 0 radical (unpaired) electrons. The molecular formula is C14H21BrFN. The maximum Gasteiger partial charge on any atom is 0.137 e. The third kappa shape index (κ3) is 4.40. The first kappa shape index (κ1) is 14.7. The minimum absolute atomic E-state index is 0.207. The Kier molecular flexibility index (Phi) is 6.14. The number of benzene rings is 1. The van der Waals surface area contributed by atoms with Crippen LogP contribution in [0.4, 0.5) is 4.39 Å². The second kappa shape index (κ2) is 7.12. The Bertz CT molecular complexity index is 350. The van der Waals surface area contributed by atoms with Crippen molar-refractivity contribution < 1.29 is 4.39 Å². The summed E-state index contributed by atoms with van der Waals surface area (Å²) in [7, 11) is 0. The Balaban J connectivity index is 2.52. The molecule has 1 unspecified atom stereocenters. The molecular weight excluding hydrogens is 281 g/mol. The molecule has 1 atom stereocenters. The average Bonchev–Trinajstić information content (AvgIpc) is 2.32. The fourth-order valence-electron chi connectivity index (χ4n) is 2.09. The van der Waals surface area contributed by atoms with Crippen molar-refractivity contribution in [2.45, 2.75) is 46.2 Å². The molecule has 0 saturated heterocycles. The van der Waals surface area contributed by atoms with Crippen molar-refractivity contribution in [3.63, 3.8) is 0 Å². The first-order chi connectivity index (χ1) is 8.08. The summed E-state index contributed by atoms with van der Waals surface area (Å²) >= 11 is 3.21. The summed E-state index contributed by atoms with van der Waals surface area (Å²) in [5, 5.41) is 3.50. The van der Waals surface area contributed by atoms with Crippen molar-refractivity contribution in [3.8, 4) is 0 Å². The fourth-order valence-corrected chi connectivity index (χ4v) is 2.52. The molecule has 1 nitrogen and oxygen atoms in total. The molecule has 96 valence electrons. The van der Waals surface area contributed by atoms with E-state index in [-0.39, 0.29) is 5.82 Å². The molecule has 0 saturated carbocycles. The van der Waals surface area contributed by atoms with E-state index in [1.165, 1.54) is 18.9 Å². The van der Waals surface area contributed by atoms with Gasteiger partial charge < -0.3 is 5.32 Å². The van der Waals surface area contributed by atoms with E-state index < -0.39 is 0 Å². The van der Waals surface area contributed by atoms with Crippen LogP contribution in [0.15, 0.2) is 22.7 Å². The first-order valence-electron chi connectivity index (χ1n) is 6.25. The zero-order valence-corrected chi connectivity index (χ0v) is 12.3. The molecule has 0 amide bonds. The highest BCUT2D eigenvalue weighted by Gasteiger charge is 2.12. The summed E-state index contributed by atoms with van der Waals surface area (Å²) in [6.07, 6.45) is 2.38. The zero-order valence-electron chi connectivity index (χ0n) is 10.8. The highest BCUT2D eigenvalue weighted by Crippen LogP contribution is 2.18. The molecule has 1 rings (SSSR count). The lowest BCUT2D eigenvalue weighted by Crippen LogP contribution is -2.32. The second-order valence-corrected chi connectivity index (χ2v) is 5.35. The summed E-state index contributed by atoms with van der Waals surface area (Å²) in [5.41, 5.74) is 1.11. The Morgan fingerprint density at radius 2 is 1.94 bits per heavy atom. The summed E-state index contributed by atoms with van der Waals surface area (Å²) in [6.45, 7) is 7.45. The van der Waals surface area contributed by atoms with E-state index in [1.54, 1.807) is 0 Å². The molecule has 1 aromatic rings. The maximum absolute atomic E-state index is 13.1. The van der Waals surface area contributed by atoms with Crippen molar-refractivity contribution in [1.82, 2.24) is 5.32 Å². The van der Waals surface area contributed by atoms with Gasteiger partial charge in [0.05, 0.1) is 4.47 Å². The van der Waals surface area contributed by atoms with E-state index in [2.05, 4.69) is 42.0 Å². The van der Waals surface area contributed by atoms with E-state index in [9.17, 15) is 4.39 Å². The van der Waals surface area contributed by atoms with E-state index in [1.807, 2.05) is 12.1 Å². The largest absolute Gasteiger partial charge is 0.310 e. The Morgan fingerprint density at radius 3 is 2.47 bits per heavy atom. The van der Waals surface area contributed by atoms with Gasteiger partial charge in [-0.2, -0.15) is 0 Å². The topological polar surface area (TPSA) is 12.0 Å². The smallest absolute Gasteiger partial charge is 0.137 e. The minimum Gasteiger partial charge on any atom is -0.310 e. The van der Waals surface area contributed by atoms with E-state index in [0.29, 0.717) is 16.4 Å². The van der Waals surface area contributed by atoms with Crippen LogP contribution in [-0.2, 0) is 6.54 Å². The summed E-state index contributed by atoms with van der Waals surface area (Å²) in [6, 6.07) is 5.66. The Labute approximate surface area is 112 Å². The predicted molar refractivity (Wildman–Crippen MR) is 74.5 cm³/mol. The number of hydrogen-bond donors (Lipinski definition) is 1. The highest BCUT2D eigenvalue weighted by molar-refractivity contribution is 9.10. The average molecular weight is 302 g/mol. The van der Waals surface area contributed by atoms with Gasteiger partial charge in [-0.3, -0.25) is 0 Å². The van der Waals surface area contributed by atoms with Crippen LogP contribution in [0, 0.1) is 11.7 Å². The molecule has 0 aliphatic carbocycles. The van der Waals surface area contributed by atoms with Crippen LogP contribution in [-0.4, -0.2) is 6.04 Å². The number of rotatable bonds is 6. The third-order valence-corrected chi connectivity index (χ3v) is 3.98. The Morgan fingerprint density at radius 1 is 1.29 bits per heavy atom. The van der Waals surface area contributed by atoms with Crippen LogP contribution in [0.2, 0.25) is 0 Å². The van der Waals surface area contributed by atoms with Gasteiger partial charge in [-0.1, -0.05) is 32.8 Å². The van der Waals surface area contributed by atoms with Crippen molar-refractivity contribution in [2.24, 2.45) is 5.92 Å². The monoisotopic (exact) mass is 301 g/mol. The zero-order chi connectivity index (χ0) is 12.8. The lowest BCUT2D eigenvalue weighted by molar-refractivity contribution is 0.353. The van der Waals surface area contributed by atoms with Crippen LogP contribution in [0.1, 0.15) is 39.2 Å². The third-order valence-electron chi connectivity index (χ3n) is 3.37. The van der Waals surface area contributed by atoms with Crippen LogP contribution < -0.4 is 5.32 Å². The van der Waals surface area contributed by atoms with Gasteiger partial charge >= 0.3 is 0 Å². The molecule has 0 fully saturated rings. The predicted octanol–water partition coefficient (Wildman–Crippen LogP) is 4.50. The van der Waals surface area contributed by atoms with Gasteiger partial charge in [-0.15, -0.1) is 0 Å². The van der Waals surface area contributed by atoms with Crippen molar-refractivity contribution in [1.29, 1.82) is 0 Å². The van der Waals surface area contributed by atoms with Gasteiger partial charge in [0, 0.05) is 12.6 Å². The number of halogens is 2. The lowest BCUT2D eigenvalue weighted by atomic mass is 9.95. The van der Waals surface area contributed by atoms with Gasteiger partial charge in [-0.05, 0) is 46.5 Å². The maximum atomic E-state index is 13.1. The van der Waals surface area contributed by atoms with Crippen molar-refractivity contribution in [2.75, 3.05) is 0 Å². The standard InChI is InChI=1S/C14H21BrFN/c1-4-12(5-2)10(3)17-9-11-6-7-14(16)13(15)8-11/h6-8,10,12,17H,4-5,9H2,1-3H3. The number of nitrogens with one attached hydrogen (secondary N) is 1. The molecule has 0 aromatic heterocycles. The van der Waals surface area contributed by atoms with Gasteiger partial charge in [0.2, 0.25) is 0 Å². The van der Waals surface area contributed by atoms with Gasteiger partial charge in [-0.25, -0.2) is 4.39 Å². The van der Waals surface area contributed by atoms with Gasteiger partial charge in [0.1, 0.15) is 5.82 Å². The number of hydrogen-bond acceptors (Lipinski definition) is 1. The van der Waals surface area contributed by atoms with Crippen LogP contribution in [0.5, 0.6) is 0 Å². The van der Waals surface area contributed by atoms with Crippen LogP contribution in [0.25, 0.3) is 0 Å². The molecule has 0 aliphatic heterocycles. The van der Waals surface area contributed by atoms with Crippen molar-refractivity contribution in [3.05, 3.63) is 34.1 Å². The Hall–Kier alpha value is -0.410. The molecule has 0 heterocycles. The second-order valence-electron chi connectivity index (χ2n) is 4.49. The molecule has 3 heteroatoms. The summed E-state index contributed by atoms with van der Waals surface area (Å²) in [5.74, 6) is 0.501. The summed E-state index contributed by atoms with van der Waals surface area (Å²) < 4.78 is 13.6. The van der Waals surface area contributed by atoms with Gasteiger partial charge in [0.25, 0.3) is 0 Å². The molecule has 1 aromatic carbocycles. The molecule has 0 bridgehead atoms. The molecule has 0 spiro atoms. The lowest BCUT2D eigenvalue weighted by Gasteiger charge is -2.22. The van der Waals surface area contributed by atoms with E-state index in [0.717, 1.165) is 12.1 Å². The quantitative estimate of drug-likeness (QED) is 0.815. The van der Waals surface area contributed by atoms with Crippen LogP contribution >= 0.6 is 15.9 Å². The van der Waals surface area contributed by atoms with E-state index >= 15 is 0 Å².